The molecule has 0 aliphatic heterocycles. The maximum Gasteiger partial charge on any atom is 0.511 e. The van der Waals surface area contributed by atoms with Gasteiger partial charge in [-0.05, 0) is 22.4 Å². The quantitative estimate of drug-likeness (QED) is 0.333. The molecule has 0 heterocycles. The number of carboxylic acid groups (broad SMARTS) is 1. The van der Waals surface area contributed by atoms with Crippen LogP contribution in [0.25, 0.3) is 10.8 Å². The summed E-state index contributed by atoms with van der Waals surface area (Å²) in [5.74, 6) is 0.0984. The number of hydrogen-bond acceptors (Lipinski definition) is 4. The summed E-state index contributed by atoms with van der Waals surface area (Å²) >= 11 is 0. The number of hydrogen-bond donors (Lipinski definition) is 1. The molecule has 0 aliphatic rings. The van der Waals surface area contributed by atoms with Crippen LogP contribution in [0.2, 0.25) is 0 Å². The van der Waals surface area contributed by atoms with E-state index >= 15 is 0 Å². The number of non-ortho nitro benzene ring substituents is 1. The third-order valence-electron chi connectivity index (χ3n) is 3.66. The number of nitro groups is 1. The van der Waals surface area contributed by atoms with Gasteiger partial charge in [0.15, 0.2) is 0 Å². The predicted molar refractivity (Wildman–Crippen MR) is 88.5 cm³/mol. The van der Waals surface area contributed by atoms with Crippen LogP contribution in [0.15, 0.2) is 60.7 Å². The first-order chi connectivity index (χ1) is 11.5. The molecule has 0 amide bonds. The fraction of sp³-hybridized carbons (Fsp3) is 0.0556. The number of rotatable bonds is 4. The second-order valence-corrected chi connectivity index (χ2v) is 5.28. The molecule has 0 spiro atoms. The zero-order chi connectivity index (χ0) is 17.1. The van der Waals surface area contributed by atoms with Crippen LogP contribution >= 0.6 is 0 Å². The van der Waals surface area contributed by atoms with Crippen molar-refractivity contribution in [2.45, 2.75) is 6.42 Å². The molecule has 24 heavy (non-hydrogen) atoms. The number of nitrogens with zero attached hydrogens (tertiary/aromatic N) is 1. The van der Waals surface area contributed by atoms with Gasteiger partial charge in [-0.3, -0.25) is 10.1 Å². The van der Waals surface area contributed by atoms with Crippen LogP contribution < -0.4 is 4.74 Å². The topological polar surface area (TPSA) is 89.7 Å². The van der Waals surface area contributed by atoms with E-state index in [-0.39, 0.29) is 11.4 Å². The number of benzene rings is 3. The van der Waals surface area contributed by atoms with Gasteiger partial charge < -0.3 is 9.84 Å². The van der Waals surface area contributed by atoms with Crippen molar-refractivity contribution in [1.82, 2.24) is 0 Å². The second kappa shape index (κ2) is 6.37. The molecule has 120 valence electrons. The molecule has 0 bridgehead atoms. The maximum absolute atomic E-state index is 11.0. The van der Waals surface area contributed by atoms with Crippen molar-refractivity contribution in [3.63, 3.8) is 0 Å². The Balaban J connectivity index is 2.00. The Hall–Kier alpha value is -3.41. The van der Waals surface area contributed by atoms with Gasteiger partial charge in [0.1, 0.15) is 5.75 Å². The van der Waals surface area contributed by atoms with Crippen molar-refractivity contribution < 1.29 is 19.6 Å². The molecule has 3 aromatic rings. The van der Waals surface area contributed by atoms with E-state index in [1.54, 1.807) is 0 Å². The summed E-state index contributed by atoms with van der Waals surface area (Å²) in [5, 5.41) is 21.9. The Morgan fingerprint density at radius 3 is 2.50 bits per heavy atom. The van der Waals surface area contributed by atoms with Crippen LogP contribution in [0.1, 0.15) is 11.1 Å². The van der Waals surface area contributed by atoms with Crippen LogP contribution in [0.5, 0.6) is 5.75 Å². The first-order valence-corrected chi connectivity index (χ1v) is 7.19. The molecule has 0 fully saturated rings. The van der Waals surface area contributed by atoms with E-state index in [2.05, 4.69) is 0 Å². The largest absolute Gasteiger partial charge is 0.511 e. The van der Waals surface area contributed by atoms with E-state index in [1.807, 2.05) is 42.5 Å². The van der Waals surface area contributed by atoms with Crippen LogP contribution in [-0.4, -0.2) is 16.2 Å². The predicted octanol–water partition coefficient (Wildman–Crippen LogP) is 4.40. The highest BCUT2D eigenvalue weighted by molar-refractivity contribution is 5.83. The molecule has 0 atom stereocenters. The molecule has 1 N–H and O–H groups in total. The van der Waals surface area contributed by atoms with Gasteiger partial charge in [-0.15, -0.1) is 0 Å². The number of fused-ring (bicyclic) bond motifs is 1. The number of nitro benzene ring substituents is 1. The van der Waals surface area contributed by atoms with E-state index in [9.17, 15) is 14.9 Å². The third-order valence-corrected chi connectivity index (χ3v) is 3.66. The van der Waals surface area contributed by atoms with E-state index in [0.717, 1.165) is 16.3 Å². The van der Waals surface area contributed by atoms with E-state index in [1.165, 1.54) is 18.2 Å². The summed E-state index contributed by atoms with van der Waals surface area (Å²) in [6.45, 7) is 0. The van der Waals surface area contributed by atoms with Crippen LogP contribution in [-0.2, 0) is 6.42 Å². The molecule has 0 saturated heterocycles. The van der Waals surface area contributed by atoms with Gasteiger partial charge in [0.05, 0.1) is 4.92 Å². The monoisotopic (exact) mass is 323 g/mol. The van der Waals surface area contributed by atoms with Crippen molar-refractivity contribution in [3.05, 3.63) is 81.9 Å². The minimum atomic E-state index is -1.45. The van der Waals surface area contributed by atoms with Crippen molar-refractivity contribution in [1.29, 1.82) is 0 Å². The van der Waals surface area contributed by atoms with Gasteiger partial charge in [-0.1, -0.05) is 42.5 Å². The summed E-state index contributed by atoms with van der Waals surface area (Å²) in [7, 11) is 0. The molecular weight excluding hydrogens is 310 g/mol. The van der Waals surface area contributed by atoms with Crippen molar-refractivity contribution in [2.75, 3.05) is 0 Å². The van der Waals surface area contributed by atoms with Gasteiger partial charge in [-0.2, -0.15) is 0 Å². The summed E-state index contributed by atoms with van der Waals surface area (Å²) < 4.78 is 4.73. The van der Waals surface area contributed by atoms with Crippen LogP contribution in [0.4, 0.5) is 10.5 Å². The van der Waals surface area contributed by atoms with Gasteiger partial charge in [0.25, 0.3) is 5.69 Å². The lowest BCUT2D eigenvalue weighted by molar-refractivity contribution is -0.384. The van der Waals surface area contributed by atoms with E-state index < -0.39 is 11.1 Å². The van der Waals surface area contributed by atoms with Crippen molar-refractivity contribution in [3.8, 4) is 5.75 Å². The minimum Gasteiger partial charge on any atom is -0.449 e. The Labute approximate surface area is 137 Å². The Morgan fingerprint density at radius 2 is 1.79 bits per heavy atom. The molecule has 6 nitrogen and oxygen atoms in total. The second-order valence-electron chi connectivity index (χ2n) is 5.28. The fourth-order valence-electron chi connectivity index (χ4n) is 2.58. The zero-order valence-electron chi connectivity index (χ0n) is 12.5. The normalized spacial score (nSPS) is 10.5. The molecular formula is C18H13NO5. The molecule has 3 rings (SSSR count). The van der Waals surface area contributed by atoms with Crippen LogP contribution in [0.3, 0.4) is 0 Å². The fourth-order valence-corrected chi connectivity index (χ4v) is 2.58. The standard InChI is InChI=1S/C18H13NO5/c20-18(21)24-17-8-7-16(19(22)23)11-15(17)10-12-5-6-13-3-1-2-4-14(13)9-12/h1-9,11H,10H2,(H,20,21). The molecule has 0 unspecified atom stereocenters. The van der Waals surface area contributed by atoms with Gasteiger partial charge in [-0.25, -0.2) is 4.79 Å². The molecule has 6 heteroatoms. The Morgan fingerprint density at radius 1 is 1.04 bits per heavy atom. The highest BCUT2D eigenvalue weighted by atomic mass is 16.7. The summed E-state index contributed by atoms with van der Waals surface area (Å²) in [6, 6.07) is 17.6. The highest BCUT2D eigenvalue weighted by Gasteiger charge is 2.14. The molecule has 0 aliphatic carbocycles. The van der Waals surface area contributed by atoms with Gasteiger partial charge in [0.2, 0.25) is 0 Å². The Kier molecular flexibility index (Phi) is 4.11. The van der Waals surface area contributed by atoms with Crippen LogP contribution in [0, 0.1) is 10.1 Å². The van der Waals surface area contributed by atoms with E-state index in [0.29, 0.717) is 12.0 Å². The SMILES string of the molecule is O=C(O)Oc1ccc([N+](=O)[O-])cc1Cc1ccc2ccccc2c1. The summed E-state index contributed by atoms with van der Waals surface area (Å²) in [5.41, 5.74) is 1.25. The lowest BCUT2D eigenvalue weighted by Gasteiger charge is -2.09. The average Bonchev–Trinajstić information content (AvgIpc) is 2.55. The number of ether oxygens (including phenoxy) is 1. The Bertz CT molecular complexity index is 936. The number of carbonyl (C=O) groups is 1. The first-order valence-electron chi connectivity index (χ1n) is 7.19. The minimum absolute atomic E-state index is 0.0984. The molecule has 0 saturated carbocycles. The molecule has 0 aromatic heterocycles. The van der Waals surface area contributed by atoms with Crippen molar-refractivity contribution in [2.24, 2.45) is 0 Å². The third kappa shape index (κ3) is 3.33. The maximum atomic E-state index is 11.0. The average molecular weight is 323 g/mol. The van der Waals surface area contributed by atoms with Gasteiger partial charge >= 0.3 is 6.16 Å². The molecule has 0 radical (unpaired) electrons. The summed E-state index contributed by atoms with van der Waals surface area (Å²) in [6.07, 6.45) is -1.13. The first kappa shape index (κ1) is 15.5. The van der Waals surface area contributed by atoms with Crippen molar-refractivity contribution >= 4 is 22.6 Å². The van der Waals surface area contributed by atoms with Gasteiger partial charge in [0, 0.05) is 24.1 Å². The zero-order valence-corrected chi connectivity index (χ0v) is 12.5. The lowest BCUT2D eigenvalue weighted by atomic mass is 10.0. The van der Waals surface area contributed by atoms with E-state index in [4.69, 9.17) is 9.84 Å². The smallest absolute Gasteiger partial charge is 0.449 e. The molecule has 3 aromatic carbocycles. The lowest BCUT2D eigenvalue weighted by Crippen LogP contribution is -2.06. The highest BCUT2D eigenvalue weighted by Crippen LogP contribution is 2.28. The summed E-state index contributed by atoms with van der Waals surface area (Å²) in [4.78, 5) is 21.3.